The van der Waals surface area contributed by atoms with E-state index in [2.05, 4.69) is 63.8 Å². The number of aliphatic hydroxyl groups is 1. The van der Waals surface area contributed by atoms with Crippen LogP contribution >= 0.6 is 0 Å². The van der Waals surface area contributed by atoms with Crippen molar-refractivity contribution in [3.05, 3.63) is 35.9 Å². The highest BCUT2D eigenvalue weighted by Crippen LogP contribution is 2.41. The van der Waals surface area contributed by atoms with E-state index < -0.39 is 5.60 Å². The molecule has 6 heteroatoms. The highest BCUT2D eigenvalue weighted by molar-refractivity contribution is 6.47. The summed E-state index contributed by atoms with van der Waals surface area (Å²) in [4.78, 5) is 2.34. The van der Waals surface area contributed by atoms with Crippen molar-refractivity contribution in [2.75, 3.05) is 20.2 Å². The second-order valence-electron chi connectivity index (χ2n) is 10.2. The van der Waals surface area contributed by atoms with Gasteiger partial charge in [-0.3, -0.25) is 4.90 Å². The van der Waals surface area contributed by atoms with Crippen LogP contribution in [-0.4, -0.2) is 60.1 Å². The molecule has 0 amide bonds. The molecule has 2 fully saturated rings. The van der Waals surface area contributed by atoms with Gasteiger partial charge in [-0.1, -0.05) is 30.3 Å². The summed E-state index contributed by atoms with van der Waals surface area (Å²) in [5, 5.41) is 10.6. The lowest BCUT2D eigenvalue weighted by Gasteiger charge is -2.35. The molecular weight excluding hydrogens is 365 g/mol. The summed E-state index contributed by atoms with van der Waals surface area (Å²) in [6.45, 7) is 13.9. The third kappa shape index (κ3) is 4.72. The zero-order valence-electron chi connectivity index (χ0n) is 19.2. The Morgan fingerprint density at radius 1 is 1.14 bits per heavy atom. The Morgan fingerprint density at radius 3 is 2.21 bits per heavy atom. The highest BCUT2D eigenvalue weighted by Gasteiger charge is 2.56. The molecule has 29 heavy (non-hydrogen) atoms. The first-order chi connectivity index (χ1) is 13.4. The maximum Gasteiger partial charge on any atom is 0.476 e. The summed E-state index contributed by atoms with van der Waals surface area (Å²) in [5.74, 6) is 0.0585. The zero-order valence-corrected chi connectivity index (χ0v) is 19.2. The minimum atomic E-state index is -0.661. The summed E-state index contributed by atoms with van der Waals surface area (Å²) in [6.07, 6.45) is 2.45. The maximum atomic E-state index is 10.6. The van der Waals surface area contributed by atoms with Gasteiger partial charge in [0, 0.05) is 26.1 Å². The number of hydrogen-bond donors (Lipinski definition) is 1. The Labute approximate surface area is 176 Å². The van der Waals surface area contributed by atoms with Crippen LogP contribution in [-0.2, 0) is 19.6 Å². The molecule has 1 aromatic carbocycles. The van der Waals surface area contributed by atoms with E-state index in [-0.39, 0.29) is 29.9 Å². The summed E-state index contributed by atoms with van der Waals surface area (Å²) in [7, 11) is 1.45. The van der Waals surface area contributed by atoms with Gasteiger partial charge in [0.25, 0.3) is 0 Å². The van der Waals surface area contributed by atoms with Crippen LogP contribution in [0.4, 0.5) is 0 Å². The van der Waals surface area contributed by atoms with Gasteiger partial charge in [-0.2, -0.15) is 0 Å². The summed E-state index contributed by atoms with van der Waals surface area (Å²) in [6, 6.07) is 10.4. The number of ether oxygens (including phenoxy) is 1. The van der Waals surface area contributed by atoms with E-state index in [0.717, 1.165) is 25.8 Å². The second-order valence-corrected chi connectivity index (χ2v) is 10.2. The molecule has 0 spiro atoms. The van der Waals surface area contributed by atoms with Crippen LogP contribution in [0.5, 0.6) is 0 Å². The van der Waals surface area contributed by atoms with Crippen molar-refractivity contribution in [2.24, 2.45) is 0 Å². The van der Waals surface area contributed by atoms with Gasteiger partial charge in [0.15, 0.2) is 0 Å². The number of rotatable bonds is 7. The molecule has 3 atom stereocenters. The Hall–Kier alpha value is -0.915. The monoisotopic (exact) mass is 403 g/mol. The number of likely N-dealkylation sites (tertiary alicyclic amines) is 1. The first-order valence-corrected chi connectivity index (χ1v) is 10.8. The fraction of sp³-hybridized carbons (Fsp3) is 0.739. The number of hydrogen-bond acceptors (Lipinski definition) is 5. The quantitative estimate of drug-likeness (QED) is 0.703. The molecule has 1 aromatic rings. The lowest BCUT2D eigenvalue weighted by molar-refractivity contribution is -0.0119. The molecule has 2 heterocycles. The second kappa shape index (κ2) is 7.97. The maximum absolute atomic E-state index is 10.6. The molecule has 162 valence electrons. The van der Waals surface area contributed by atoms with Gasteiger partial charge in [0.2, 0.25) is 0 Å². The first-order valence-electron chi connectivity index (χ1n) is 10.8. The number of nitrogens with zero attached hydrogens (tertiary/aromatic N) is 1. The van der Waals surface area contributed by atoms with Gasteiger partial charge in [-0.15, -0.1) is 0 Å². The highest BCUT2D eigenvalue weighted by atomic mass is 16.7. The van der Waals surface area contributed by atoms with E-state index in [1.165, 1.54) is 5.56 Å². The summed E-state index contributed by atoms with van der Waals surface area (Å²) >= 11 is 0. The first kappa shape index (κ1) is 22.8. The predicted molar refractivity (Wildman–Crippen MR) is 117 cm³/mol. The molecule has 0 saturated carbocycles. The van der Waals surface area contributed by atoms with Crippen molar-refractivity contribution in [3.63, 3.8) is 0 Å². The molecule has 1 N–H and O–H groups in total. The zero-order chi connectivity index (χ0) is 21.5. The smallest absolute Gasteiger partial charge is 0.402 e. The predicted octanol–water partition coefficient (Wildman–Crippen LogP) is 3.79. The molecule has 3 rings (SSSR count). The minimum Gasteiger partial charge on any atom is -0.402 e. The van der Waals surface area contributed by atoms with Crippen LogP contribution in [0.2, 0.25) is 0 Å². The van der Waals surface area contributed by atoms with Crippen LogP contribution in [0, 0.1) is 0 Å². The Kier molecular flexibility index (Phi) is 6.26. The van der Waals surface area contributed by atoms with Gasteiger partial charge < -0.3 is 19.2 Å². The van der Waals surface area contributed by atoms with Crippen LogP contribution in [0.1, 0.15) is 66.4 Å². The van der Waals surface area contributed by atoms with Crippen molar-refractivity contribution in [3.8, 4) is 0 Å². The van der Waals surface area contributed by atoms with Crippen LogP contribution in [0.25, 0.3) is 0 Å². The molecule has 0 aliphatic carbocycles. The van der Waals surface area contributed by atoms with Crippen LogP contribution in [0.15, 0.2) is 30.3 Å². The van der Waals surface area contributed by atoms with Gasteiger partial charge in [-0.05, 0) is 66.4 Å². The average molecular weight is 403 g/mol. The fourth-order valence-electron chi connectivity index (χ4n) is 4.38. The molecule has 5 nitrogen and oxygen atoms in total. The van der Waals surface area contributed by atoms with Crippen LogP contribution < -0.4 is 0 Å². The molecule has 2 aliphatic rings. The molecule has 2 saturated heterocycles. The van der Waals surface area contributed by atoms with E-state index in [1.807, 2.05) is 13.0 Å². The number of methoxy groups -OCH3 is 1. The minimum absolute atomic E-state index is 0.0585. The number of β-amino-alcohol motifs (C(OH)–C–C–N with tert-alkyl or cyclic N) is 1. The molecule has 0 bridgehead atoms. The van der Waals surface area contributed by atoms with Crippen molar-refractivity contribution in [1.29, 1.82) is 0 Å². The van der Waals surface area contributed by atoms with Gasteiger partial charge in [-0.25, -0.2) is 0 Å². The van der Waals surface area contributed by atoms with E-state index in [1.54, 1.807) is 7.11 Å². The summed E-state index contributed by atoms with van der Waals surface area (Å²) in [5.41, 5.74) is -0.620. The number of benzene rings is 1. The summed E-state index contributed by atoms with van der Waals surface area (Å²) < 4.78 is 18.8. The molecule has 2 aliphatic heterocycles. The molecule has 0 aromatic heterocycles. The SMILES string of the molecule is COC(C)(CCC(B1OC(C)(C)C(C)(C)O1)N1CCC(C)(O)C1)c1ccccc1. The van der Waals surface area contributed by atoms with Crippen molar-refractivity contribution in [1.82, 2.24) is 4.90 Å². The molecular formula is C23H38BNO4. The fourth-order valence-corrected chi connectivity index (χ4v) is 4.38. The van der Waals surface area contributed by atoms with E-state index in [9.17, 15) is 5.11 Å². The van der Waals surface area contributed by atoms with Crippen LogP contribution in [0.3, 0.4) is 0 Å². The largest absolute Gasteiger partial charge is 0.476 e. The van der Waals surface area contributed by atoms with Crippen molar-refractivity contribution < 1.29 is 19.2 Å². The average Bonchev–Trinajstić information content (AvgIpc) is 3.10. The molecule has 0 radical (unpaired) electrons. The third-order valence-electron chi connectivity index (χ3n) is 7.29. The third-order valence-corrected chi connectivity index (χ3v) is 7.29. The topological polar surface area (TPSA) is 51.2 Å². The Bertz CT molecular complexity index is 677. The van der Waals surface area contributed by atoms with E-state index >= 15 is 0 Å². The lowest BCUT2D eigenvalue weighted by Crippen LogP contribution is -2.49. The Balaban J connectivity index is 1.81. The standard InChI is InChI=1S/C23H38BNO4/c1-20(2)21(3,4)29-24(28-20)19(25-16-15-22(5,26)17-25)13-14-23(6,27-7)18-11-9-8-10-12-18/h8-12,19,26H,13-17H2,1-7H3. The van der Waals surface area contributed by atoms with Crippen molar-refractivity contribution in [2.45, 2.75) is 89.2 Å². The van der Waals surface area contributed by atoms with Crippen molar-refractivity contribution >= 4 is 7.12 Å². The Morgan fingerprint density at radius 2 is 1.72 bits per heavy atom. The van der Waals surface area contributed by atoms with E-state index in [4.69, 9.17) is 14.0 Å². The lowest BCUT2D eigenvalue weighted by atomic mass is 9.72. The van der Waals surface area contributed by atoms with Gasteiger partial charge in [0.1, 0.15) is 0 Å². The van der Waals surface area contributed by atoms with Gasteiger partial charge in [0.05, 0.1) is 22.4 Å². The molecule has 3 unspecified atom stereocenters. The van der Waals surface area contributed by atoms with Gasteiger partial charge >= 0.3 is 7.12 Å². The van der Waals surface area contributed by atoms with E-state index in [0.29, 0.717) is 6.54 Å². The normalized spacial score (nSPS) is 29.7.